The Morgan fingerprint density at radius 1 is 1.10 bits per heavy atom. The van der Waals surface area contributed by atoms with Gasteiger partial charge < -0.3 is 4.74 Å². The number of hydrogen-bond donors (Lipinski definition) is 0. The summed E-state index contributed by atoms with van der Waals surface area (Å²) < 4.78 is 18.5. The predicted octanol–water partition coefficient (Wildman–Crippen LogP) is 4.27. The molecule has 3 heteroatoms. The van der Waals surface area contributed by atoms with Crippen molar-refractivity contribution in [2.75, 3.05) is 6.61 Å². The summed E-state index contributed by atoms with van der Waals surface area (Å²) in [5, 5.41) is 3.00. The average molecular weight is 296 g/mol. The Morgan fingerprint density at radius 3 is 2.48 bits per heavy atom. The summed E-state index contributed by atoms with van der Waals surface area (Å²) in [5.41, 5.74) is 0.785. The number of rotatable bonds is 4. The zero-order chi connectivity index (χ0) is 14.9. The summed E-state index contributed by atoms with van der Waals surface area (Å²) in [7, 11) is 0. The van der Waals surface area contributed by atoms with Crippen molar-refractivity contribution in [1.82, 2.24) is 0 Å². The largest absolute Gasteiger partial charge is 0.348 e. The highest BCUT2D eigenvalue weighted by atomic mass is 32.2. The molecule has 0 heterocycles. The van der Waals surface area contributed by atoms with E-state index in [0.29, 0.717) is 0 Å². The third-order valence-corrected chi connectivity index (χ3v) is 3.34. The third-order valence-electron chi connectivity index (χ3n) is 2.61. The summed E-state index contributed by atoms with van der Waals surface area (Å²) in [5.74, 6) is 5.14. The van der Waals surface area contributed by atoms with E-state index in [0.717, 1.165) is 10.5 Å². The highest BCUT2D eigenvalue weighted by molar-refractivity contribution is 8.03. The highest BCUT2D eigenvalue weighted by Crippen LogP contribution is 2.20. The molecular weight excluding hydrogens is 283 g/mol. The molecule has 0 fully saturated rings. The van der Waals surface area contributed by atoms with Crippen molar-refractivity contribution in [2.45, 2.75) is 11.0 Å². The van der Waals surface area contributed by atoms with Crippen LogP contribution in [0.15, 0.2) is 59.5 Å². The van der Waals surface area contributed by atoms with Crippen LogP contribution in [0.4, 0.5) is 4.39 Å². The van der Waals surface area contributed by atoms with Crippen molar-refractivity contribution < 1.29 is 9.13 Å². The van der Waals surface area contributed by atoms with Gasteiger partial charge in [0, 0.05) is 4.90 Å². The smallest absolute Gasteiger partial charge is 0.145 e. The topological polar surface area (TPSA) is 9.23 Å². The molecule has 0 saturated heterocycles. The van der Waals surface area contributed by atoms with E-state index < -0.39 is 6.10 Å². The second-order valence-electron chi connectivity index (χ2n) is 4.11. The molecule has 0 amide bonds. The molecule has 0 aliphatic rings. The number of halogens is 1. The van der Waals surface area contributed by atoms with Gasteiger partial charge in [-0.15, -0.1) is 6.42 Å². The molecule has 0 N–H and O–H groups in total. The van der Waals surface area contributed by atoms with Crippen molar-refractivity contribution in [3.05, 3.63) is 66.0 Å². The average Bonchev–Trinajstić information content (AvgIpc) is 2.53. The van der Waals surface area contributed by atoms with Crippen LogP contribution in [0.25, 0.3) is 0 Å². The maximum atomic E-state index is 13.0. The summed E-state index contributed by atoms with van der Waals surface area (Å²) in [6.07, 6.45) is 4.75. The lowest BCUT2D eigenvalue weighted by atomic mass is 10.1. The molecule has 104 valence electrons. The molecule has 1 atom stereocenters. The minimum Gasteiger partial charge on any atom is -0.348 e. The van der Waals surface area contributed by atoms with Crippen molar-refractivity contribution in [2.24, 2.45) is 0 Å². The predicted molar refractivity (Wildman–Crippen MR) is 84.0 cm³/mol. The van der Waals surface area contributed by atoms with E-state index in [-0.39, 0.29) is 12.4 Å². The summed E-state index contributed by atoms with van der Waals surface area (Å²) in [6.45, 7) is 0.159. The van der Waals surface area contributed by atoms with Gasteiger partial charge in [-0.2, -0.15) is 0 Å². The maximum absolute atomic E-state index is 13.0. The Balaban J connectivity index is 2.10. The van der Waals surface area contributed by atoms with E-state index in [2.05, 4.69) is 17.1 Å². The van der Waals surface area contributed by atoms with Gasteiger partial charge in [0.05, 0.1) is 0 Å². The normalized spacial score (nSPS) is 11.0. The van der Waals surface area contributed by atoms with Crippen LogP contribution in [0.3, 0.4) is 0 Å². The van der Waals surface area contributed by atoms with Gasteiger partial charge in [-0.3, -0.25) is 0 Å². The van der Waals surface area contributed by atoms with Gasteiger partial charge in [-0.1, -0.05) is 42.2 Å². The first-order chi connectivity index (χ1) is 10.3. The fraction of sp³-hybridized carbons (Fsp3) is 0.111. The number of terminal acetylenes is 1. The second kappa shape index (κ2) is 8.17. The molecule has 2 aromatic carbocycles. The van der Waals surface area contributed by atoms with E-state index in [1.54, 1.807) is 12.1 Å². The summed E-state index contributed by atoms with van der Waals surface area (Å²) in [6, 6.07) is 15.9. The molecule has 0 bridgehead atoms. The van der Waals surface area contributed by atoms with E-state index in [1.165, 1.54) is 23.9 Å². The molecule has 21 heavy (non-hydrogen) atoms. The third kappa shape index (κ3) is 5.00. The van der Waals surface area contributed by atoms with Crippen LogP contribution in [0.2, 0.25) is 0 Å². The maximum Gasteiger partial charge on any atom is 0.145 e. The van der Waals surface area contributed by atoms with Crippen molar-refractivity contribution >= 4 is 11.8 Å². The lowest BCUT2D eigenvalue weighted by Gasteiger charge is -2.10. The Morgan fingerprint density at radius 2 is 1.81 bits per heavy atom. The van der Waals surface area contributed by atoms with Gasteiger partial charge >= 0.3 is 0 Å². The van der Waals surface area contributed by atoms with E-state index in [9.17, 15) is 4.39 Å². The second-order valence-corrected chi connectivity index (χ2v) is 4.99. The minimum absolute atomic E-state index is 0.159. The lowest BCUT2D eigenvalue weighted by molar-refractivity contribution is 0.121. The van der Waals surface area contributed by atoms with E-state index in [1.807, 2.05) is 30.3 Å². The van der Waals surface area contributed by atoms with Crippen molar-refractivity contribution in [1.29, 1.82) is 0 Å². The first-order valence-electron chi connectivity index (χ1n) is 6.32. The minimum atomic E-state index is -0.460. The number of ether oxygens (including phenoxy) is 1. The van der Waals surface area contributed by atoms with Crippen LogP contribution in [0.1, 0.15) is 11.7 Å². The standard InChI is InChI=1S/C18H13FOS/c1-2-13-20-18(15-8-10-16(19)11-9-15)12-14-21-17-6-4-3-5-7-17/h1,3-11,18H,13H2. The van der Waals surface area contributed by atoms with Crippen LogP contribution < -0.4 is 0 Å². The van der Waals surface area contributed by atoms with Crippen molar-refractivity contribution in [3.63, 3.8) is 0 Å². The molecule has 1 nitrogen and oxygen atoms in total. The lowest BCUT2D eigenvalue weighted by Crippen LogP contribution is -2.02. The molecule has 0 aliphatic heterocycles. The molecule has 2 rings (SSSR count). The molecule has 0 radical (unpaired) electrons. The molecule has 1 unspecified atom stereocenters. The summed E-state index contributed by atoms with van der Waals surface area (Å²) >= 11 is 1.41. The molecule has 2 aromatic rings. The van der Waals surface area contributed by atoms with Gasteiger partial charge in [0.15, 0.2) is 0 Å². The fourth-order valence-electron chi connectivity index (χ4n) is 1.62. The van der Waals surface area contributed by atoms with Crippen LogP contribution >= 0.6 is 11.8 Å². The Labute approximate surface area is 128 Å². The monoisotopic (exact) mass is 296 g/mol. The SMILES string of the molecule is C#CCOC(C#CSc1ccccc1)c1ccc(F)cc1. The zero-order valence-electron chi connectivity index (χ0n) is 11.3. The van der Waals surface area contributed by atoms with Crippen LogP contribution in [0.5, 0.6) is 0 Å². The number of benzene rings is 2. The van der Waals surface area contributed by atoms with Gasteiger partial charge in [0.1, 0.15) is 18.5 Å². The van der Waals surface area contributed by atoms with Crippen molar-refractivity contribution in [3.8, 4) is 23.5 Å². The molecule has 0 saturated carbocycles. The Bertz CT molecular complexity index is 662. The van der Waals surface area contributed by atoms with Crippen LogP contribution in [0, 0.1) is 29.3 Å². The quantitative estimate of drug-likeness (QED) is 0.615. The Hall–Kier alpha value is -2.20. The van der Waals surface area contributed by atoms with Crippen LogP contribution in [-0.2, 0) is 4.74 Å². The molecule has 0 aromatic heterocycles. The highest BCUT2D eigenvalue weighted by Gasteiger charge is 2.08. The van der Waals surface area contributed by atoms with E-state index in [4.69, 9.17) is 11.2 Å². The van der Waals surface area contributed by atoms with Crippen LogP contribution in [-0.4, -0.2) is 6.61 Å². The molecule has 0 aliphatic carbocycles. The van der Waals surface area contributed by atoms with Gasteiger partial charge in [-0.25, -0.2) is 4.39 Å². The number of hydrogen-bond acceptors (Lipinski definition) is 2. The number of thioether (sulfide) groups is 1. The zero-order valence-corrected chi connectivity index (χ0v) is 12.1. The summed E-state index contributed by atoms with van der Waals surface area (Å²) in [4.78, 5) is 1.06. The van der Waals surface area contributed by atoms with Gasteiger partial charge in [0.25, 0.3) is 0 Å². The first-order valence-corrected chi connectivity index (χ1v) is 7.14. The molecular formula is C18H13FOS. The molecule has 0 spiro atoms. The first kappa shape index (κ1) is 15.2. The Kier molecular flexibility index (Phi) is 5.91. The van der Waals surface area contributed by atoms with Gasteiger partial charge in [0.2, 0.25) is 0 Å². The van der Waals surface area contributed by atoms with E-state index >= 15 is 0 Å². The van der Waals surface area contributed by atoms with Gasteiger partial charge in [-0.05, 0) is 46.8 Å². The fourth-order valence-corrected chi connectivity index (χ4v) is 2.20.